The molecule has 0 saturated carbocycles. The van der Waals surface area contributed by atoms with Crippen LogP contribution in [0.2, 0.25) is 0 Å². The maximum atomic E-state index is 12.0. The summed E-state index contributed by atoms with van der Waals surface area (Å²) in [6.07, 6.45) is 5.09. The number of alkyl halides is 1. The predicted octanol–water partition coefficient (Wildman–Crippen LogP) is 1.62. The number of carbonyl (C=O) groups is 2. The van der Waals surface area contributed by atoms with Crippen LogP contribution in [0.15, 0.2) is 18.2 Å². The minimum atomic E-state index is -0.320. The first kappa shape index (κ1) is 16.1. The zero-order chi connectivity index (χ0) is 15.1. The Morgan fingerprint density at radius 1 is 1.35 bits per heavy atom. The topological polar surface area (TPSA) is 49.4 Å². The van der Waals surface area contributed by atoms with Crippen molar-refractivity contribution in [2.75, 3.05) is 23.9 Å². The fourth-order valence-electron chi connectivity index (χ4n) is 1.94. The zero-order valence-corrected chi connectivity index (χ0v) is 12.3. The molecule has 1 aromatic rings. The van der Waals surface area contributed by atoms with Crippen molar-refractivity contribution in [2.24, 2.45) is 0 Å². The summed E-state index contributed by atoms with van der Waals surface area (Å²) in [6.45, 7) is 3.81. The summed E-state index contributed by atoms with van der Waals surface area (Å²) < 4.78 is 0. The molecule has 0 heterocycles. The summed E-state index contributed by atoms with van der Waals surface area (Å²) in [5.41, 5.74) is 2.54. The summed E-state index contributed by atoms with van der Waals surface area (Å²) in [5.74, 6) is 1.50. The van der Waals surface area contributed by atoms with Gasteiger partial charge in [-0.3, -0.25) is 9.59 Å². The number of para-hydroxylation sites is 1. The van der Waals surface area contributed by atoms with Crippen molar-refractivity contribution in [3.8, 4) is 12.3 Å². The van der Waals surface area contributed by atoms with E-state index in [1.165, 1.54) is 4.90 Å². The van der Waals surface area contributed by atoms with Crippen molar-refractivity contribution in [3.05, 3.63) is 29.3 Å². The van der Waals surface area contributed by atoms with Gasteiger partial charge in [0, 0.05) is 0 Å². The molecule has 0 aromatic heterocycles. The van der Waals surface area contributed by atoms with Crippen molar-refractivity contribution in [1.82, 2.24) is 5.32 Å². The SMILES string of the molecule is C#CCNC(=O)CN(C(=O)CCl)c1c(C)cccc1C. The predicted molar refractivity (Wildman–Crippen MR) is 80.8 cm³/mol. The highest BCUT2D eigenvalue weighted by Gasteiger charge is 2.21. The molecule has 2 amide bonds. The number of anilines is 1. The van der Waals surface area contributed by atoms with Gasteiger partial charge in [0.15, 0.2) is 0 Å². The third-order valence-corrected chi connectivity index (χ3v) is 3.04. The molecule has 0 aliphatic heterocycles. The first-order chi connectivity index (χ1) is 9.51. The highest BCUT2D eigenvalue weighted by molar-refractivity contribution is 6.29. The molecule has 0 aliphatic rings. The van der Waals surface area contributed by atoms with Crippen LogP contribution in [0.5, 0.6) is 0 Å². The maximum absolute atomic E-state index is 12.0. The molecule has 1 aromatic carbocycles. The Morgan fingerprint density at radius 2 is 1.95 bits per heavy atom. The molecule has 5 heteroatoms. The molecule has 1 rings (SSSR count). The van der Waals surface area contributed by atoms with Gasteiger partial charge in [-0.2, -0.15) is 0 Å². The van der Waals surface area contributed by atoms with Crippen molar-refractivity contribution in [2.45, 2.75) is 13.8 Å². The summed E-state index contributed by atoms with van der Waals surface area (Å²) in [7, 11) is 0. The van der Waals surface area contributed by atoms with E-state index in [4.69, 9.17) is 18.0 Å². The quantitative estimate of drug-likeness (QED) is 0.662. The average molecular weight is 293 g/mol. The lowest BCUT2D eigenvalue weighted by Crippen LogP contribution is -2.42. The van der Waals surface area contributed by atoms with E-state index in [1.54, 1.807) is 0 Å². The molecule has 0 spiro atoms. The highest BCUT2D eigenvalue weighted by atomic mass is 35.5. The first-order valence-corrected chi connectivity index (χ1v) is 6.67. The molecule has 0 bridgehead atoms. The van der Waals surface area contributed by atoms with Gasteiger partial charge in [-0.15, -0.1) is 18.0 Å². The van der Waals surface area contributed by atoms with E-state index in [9.17, 15) is 9.59 Å². The van der Waals surface area contributed by atoms with Crippen LogP contribution in [-0.2, 0) is 9.59 Å². The number of nitrogens with one attached hydrogen (secondary N) is 1. The van der Waals surface area contributed by atoms with Gasteiger partial charge in [0.2, 0.25) is 11.8 Å². The number of halogens is 1. The van der Waals surface area contributed by atoms with E-state index < -0.39 is 0 Å². The van der Waals surface area contributed by atoms with E-state index in [1.807, 2.05) is 32.0 Å². The Morgan fingerprint density at radius 3 is 2.45 bits per heavy atom. The van der Waals surface area contributed by atoms with Crippen LogP contribution in [0, 0.1) is 26.2 Å². The number of terminal acetylenes is 1. The third kappa shape index (κ3) is 4.01. The maximum Gasteiger partial charge on any atom is 0.242 e. The Balaban J connectivity index is 3.05. The van der Waals surface area contributed by atoms with Crippen molar-refractivity contribution in [3.63, 3.8) is 0 Å². The first-order valence-electron chi connectivity index (χ1n) is 6.14. The Bertz CT molecular complexity index is 529. The molecule has 0 saturated heterocycles. The summed E-state index contributed by atoms with van der Waals surface area (Å²) in [6, 6.07) is 5.67. The molecule has 20 heavy (non-hydrogen) atoms. The summed E-state index contributed by atoms with van der Waals surface area (Å²) >= 11 is 5.63. The molecule has 0 radical (unpaired) electrons. The number of benzene rings is 1. The molecule has 0 fully saturated rings. The number of nitrogens with zero attached hydrogens (tertiary/aromatic N) is 1. The number of rotatable bonds is 5. The van der Waals surface area contributed by atoms with Gasteiger partial charge in [0.25, 0.3) is 0 Å². The fourth-order valence-corrected chi connectivity index (χ4v) is 2.09. The number of hydrogen-bond donors (Lipinski definition) is 1. The van der Waals surface area contributed by atoms with Crippen LogP contribution < -0.4 is 10.2 Å². The van der Waals surface area contributed by atoms with Crippen LogP contribution in [0.1, 0.15) is 11.1 Å². The second kappa shape index (κ2) is 7.56. The molecular weight excluding hydrogens is 276 g/mol. The summed E-state index contributed by atoms with van der Waals surface area (Å²) in [5, 5.41) is 2.54. The molecule has 106 valence electrons. The minimum absolute atomic E-state index is 0.0983. The lowest BCUT2D eigenvalue weighted by atomic mass is 10.1. The van der Waals surface area contributed by atoms with E-state index >= 15 is 0 Å². The van der Waals surface area contributed by atoms with Crippen LogP contribution in [-0.4, -0.2) is 30.8 Å². The molecule has 0 atom stereocenters. The second-order valence-corrected chi connectivity index (χ2v) is 4.60. The lowest BCUT2D eigenvalue weighted by Gasteiger charge is -2.25. The second-order valence-electron chi connectivity index (χ2n) is 4.33. The van der Waals surface area contributed by atoms with Crippen molar-refractivity contribution >= 4 is 29.1 Å². The molecule has 1 N–H and O–H groups in total. The molecular formula is C15H17ClN2O2. The van der Waals surface area contributed by atoms with Crippen molar-refractivity contribution in [1.29, 1.82) is 0 Å². The van der Waals surface area contributed by atoms with Crippen LogP contribution in [0.4, 0.5) is 5.69 Å². The number of hydrogen-bond acceptors (Lipinski definition) is 2. The van der Waals surface area contributed by atoms with Gasteiger partial charge in [-0.25, -0.2) is 0 Å². The van der Waals surface area contributed by atoms with Gasteiger partial charge < -0.3 is 10.2 Å². The highest BCUT2D eigenvalue weighted by Crippen LogP contribution is 2.24. The smallest absolute Gasteiger partial charge is 0.242 e. The van der Waals surface area contributed by atoms with Crippen LogP contribution in [0.3, 0.4) is 0 Å². The largest absolute Gasteiger partial charge is 0.344 e. The minimum Gasteiger partial charge on any atom is -0.344 e. The Hall–Kier alpha value is -1.99. The van der Waals surface area contributed by atoms with E-state index in [0.717, 1.165) is 11.1 Å². The van der Waals surface area contributed by atoms with E-state index in [0.29, 0.717) is 5.69 Å². The summed E-state index contributed by atoms with van der Waals surface area (Å²) in [4.78, 5) is 25.2. The Kier molecular flexibility index (Phi) is 6.08. The standard InChI is InChI=1S/C15H17ClN2O2/c1-4-8-17-13(19)10-18(14(20)9-16)15-11(2)6-5-7-12(15)3/h1,5-7H,8-10H2,2-3H3,(H,17,19). The monoisotopic (exact) mass is 292 g/mol. The normalized spacial score (nSPS) is 9.70. The molecule has 0 unspecified atom stereocenters. The lowest BCUT2D eigenvalue weighted by molar-refractivity contribution is -0.122. The number of carbonyl (C=O) groups excluding carboxylic acids is 2. The van der Waals surface area contributed by atoms with Crippen LogP contribution >= 0.6 is 11.6 Å². The third-order valence-electron chi connectivity index (χ3n) is 2.81. The van der Waals surface area contributed by atoms with E-state index in [2.05, 4.69) is 11.2 Å². The van der Waals surface area contributed by atoms with Gasteiger partial charge in [-0.05, 0) is 25.0 Å². The fraction of sp³-hybridized carbons (Fsp3) is 0.333. The van der Waals surface area contributed by atoms with Gasteiger partial charge in [0.1, 0.15) is 12.4 Å². The zero-order valence-electron chi connectivity index (χ0n) is 11.6. The Labute approximate surface area is 124 Å². The van der Waals surface area contributed by atoms with Crippen LogP contribution in [0.25, 0.3) is 0 Å². The molecule has 0 aliphatic carbocycles. The van der Waals surface area contributed by atoms with Gasteiger partial charge in [0.05, 0.1) is 12.2 Å². The van der Waals surface area contributed by atoms with Crippen molar-refractivity contribution < 1.29 is 9.59 Å². The molecule has 4 nitrogen and oxygen atoms in total. The van der Waals surface area contributed by atoms with E-state index in [-0.39, 0.29) is 30.8 Å². The number of amides is 2. The number of aryl methyl sites for hydroxylation is 2. The average Bonchev–Trinajstić information content (AvgIpc) is 2.42. The van der Waals surface area contributed by atoms with Gasteiger partial charge >= 0.3 is 0 Å². The van der Waals surface area contributed by atoms with Gasteiger partial charge in [-0.1, -0.05) is 24.1 Å².